The predicted octanol–water partition coefficient (Wildman–Crippen LogP) is 3.62. The summed E-state index contributed by atoms with van der Waals surface area (Å²) in [5, 5.41) is 0. The Kier molecular flexibility index (Phi) is 2.58. The molecule has 0 saturated carbocycles. The molecule has 0 nitrogen and oxygen atoms in total. The topological polar surface area (TPSA) is 0 Å². The summed E-state index contributed by atoms with van der Waals surface area (Å²) in [6.07, 6.45) is -1.61. The molecule has 1 aromatic rings. The van der Waals surface area contributed by atoms with E-state index in [9.17, 15) is 8.78 Å². The van der Waals surface area contributed by atoms with Crippen LogP contribution in [0.5, 0.6) is 0 Å². The van der Waals surface area contributed by atoms with Gasteiger partial charge in [0.2, 0.25) is 0 Å². The molecule has 0 saturated heterocycles. The Bertz CT molecular complexity index is 292. The standard InChI is InChI=1S/C10H10F2/c1-7-3-5-9(6-4-7)8(2)10(11)12/h3-6H,1-2H3. The van der Waals surface area contributed by atoms with E-state index in [-0.39, 0.29) is 5.57 Å². The molecule has 0 spiro atoms. The van der Waals surface area contributed by atoms with Crippen LogP contribution < -0.4 is 0 Å². The average molecular weight is 168 g/mol. The zero-order valence-corrected chi connectivity index (χ0v) is 7.07. The number of benzene rings is 1. The Balaban J connectivity index is 3.06. The highest BCUT2D eigenvalue weighted by atomic mass is 19.3. The van der Waals surface area contributed by atoms with E-state index >= 15 is 0 Å². The first-order chi connectivity index (χ1) is 5.61. The van der Waals surface area contributed by atoms with Crippen molar-refractivity contribution in [1.29, 1.82) is 0 Å². The summed E-state index contributed by atoms with van der Waals surface area (Å²) in [6.45, 7) is 3.34. The van der Waals surface area contributed by atoms with Gasteiger partial charge in [0.1, 0.15) is 0 Å². The SMILES string of the molecule is CC(=C(F)F)c1ccc(C)cc1. The van der Waals surface area contributed by atoms with Crippen LogP contribution in [0.25, 0.3) is 5.57 Å². The minimum Gasteiger partial charge on any atom is -0.173 e. The maximum Gasteiger partial charge on any atom is 0.273 e. The second-order valence-corrected chi connectivity index (χ2v) is 2.75. The Hall–Kier alpha value is -1.18. The Morgan fingerprint density at radius 2 is 1.58 bits per heavy atom. The molecule has 0 radical (unpaired) electrons. The van der Waals surface area contributed by atoms with Crippen molar-refractivity contribution in [2.75, 3.05) is 0 Å². The molecule has 0 fully saturated rings. The molecule has 0 aliphatic heterocycles. The molecule has 0 atom stereocenters. The van der Waals surface area contributed by atoms with Crippen molar-refractivity contribution in [3.05, 3.63) is 41.5 Å². The first-order valence-corrected chi connectivity index (χ1v) is 3.70. The second kappa shape index (κ2) is 3.48. The molecule has 0 amide bonds. The zero-order chi connectivity index (χ0) is 9.14. The molecule has 64 valence electrons. The van der Waals surface area contributed by atoms with Crippen molar-refractivity contribution in [3.8, 4) is 0 Å². The molecule has 0 N–H and O–H groups in total. The second-order valence-electron chi connectivity index (χ2n) is 2.75. The lowest BCUT2D eigenvalue weighted by Crippen LogP contribution is -1.80. The van der Waals surface area contributed by atoms with E-state index in [1.807, 2.05) is 19.1 Å². The van der Waals surface area contributed by atoms with Crippen LogP contribution in [0.3, 0.4) is 0 Å². The molecule has 1 rings (SSSR count). The summed E-state index contributed by atoms with van der Waals surface area (Å²) in [7, 11) is 0. The van der Waals surface area contributed by atoms with Gasteiger partial charge < -0.3 is 0 Å². The summed E-state index contributed by atoms with van der Waals surface area (Å²) in [6, 6.07) is 7.04. The highest BCUT2D eigenvalue weighted by Crippen LogP contribution is 2.19. The van der Waals surface area contributed by atoms with Gasteiger partial charge in [0.15, 0.2) is 0 Å². The number of rotatable bonds is 1. The third kappa shape index (κ3) is 1.91. The van der Waals surface area contributed by atoms with Crippen molar-refractivity contribution < 1.29 is 8.78 Å². The summed E-state index contributed by atoms with van der Waals surface area (Å²) in [5.74, 6) is 0. The van der Waals surface area contributed by atoms with Crippen LogP contribution in [-0.2, 0) is 0 Å². The Labute approximate surface area is 70.5 Å². The van der Waals surface area contributed by atoms with E-state index in [4.69, 9.17) is 0 Å². The van der Waals surface area contributed by atoms with Gasteiger partial charge in [-0.2, -0.15) is 8.78 Å². The van der Waals surface area contributed by atoms with Crippen LogP contribution in [0.4, 0.5) is 8.78 Å². The van der Waals surface area contributed by atoms with Crippen molar-refractivity contribution in [3.63, 3.8) is 0 Å². The number of halogens is 2. The molecule has 12 heavy (non-hydrogen) atoms. The molecule has 2 heteroatoms. The van der Waals surface area contributed by atoms with Crippen LogP contribution in [0.2, 0.25) is 0 Å². The minimum atomic E-state index is -1.61. The van der Waals surface area contributed by atoms with Crippen LogP contribution in [0, 0.1) is 6.92 Å². The van der Waals surface area contributed by atoms with Gasteiger partial charge in [-0.25, -0.2) is 0 Å². The van der Waals surface area contributed by atoms with E-state index in [0.29, 0.717) is 5.56 Å². The summed E-state index contributed by atoms with van der Waals surface area (Å²) in [5.41, 5.74) is 1.71. The normalized spacial score (nSPS) is 9.67. The average Bonchev–Trinajstić information content (AvgIpc) is 2.04. The molecule has 0 aliphatic carbocycles. The van der Waals surface area contributed by atoms with Gasteiger partial charge in [0, 0.05) is 5.57 Å². The lowest BCUT2D eigenvalue weighted by atomic mass is 10.1. The highest BCUT2D eigenvalue weighted by Gasteiger charge is 2.01. The van der Waals surface area contributed by atoms with E-state index in [1.165, 1.54) is 6.92 Å². The van der Waals surface area contributed by atoms with Crippen molar-refractivity contribution >= 4 is 5.57 Å². The summed E-state index contributed by atoms with van der Waals surface area (Å²) >= 11 is 0. The van der Waals surface area contributed by atoms with Crippen LogP contribution >= 0.6 is 0 Å². The fourth-order valence-corrected chi connectivity index (χ4v) is 0.913. The third-order valence-electron chi connectivity index (χ3n) is 1.77. The maximum absolute atomic E-state index is 12.1. The zero-order valence-electron chi connectivity index (χ0n) is 7.07. The first-order valence-electron chi connectivity index (χ1n) is 3.70. The van der Waals surface area contributed by atoms with Gasteiger partial charge in [0.05, 0.1) is 0 Å². The molecule has 0 bridgehead atoms. The lowest BCUT2D eigenvalue weighted by molar-refractivity contribution is 0.425. The number of allylic oxidation sites excluding steroid dienone is 1. The fraction of sp³-hybridized carbons (Fsp3) is 0.200. The number of hydrogen-bond donors (Lipinski definition) is 0. The molecule has 0 unspecified atom stereocenters. The van der Waals surface area contributed by atoms with Gasteiger partial charge in [-0.05, 0) is 19.4 Å². The first kappa shape index (κ1) is 8.91. The molecular weight excluding hydrogens is 158 g/mol. The van der Waals surface area contributed by atoms with E-state index in [2.05, 4.69) is 0 Å². The minimum absolute atomic E-state index is 0.0509. The van der Waals surface area contributed by atoms with E-state index < -0.39 is 6.08 Å². The van der Waals surface area contributed by atoms with Crippen molar-refractivity contribution in [2.45, 2.75) is 13.8 Å². The van der Waals surface area contributed by atoms with Crippen LogP contribution in [0.1, 0.15) is 18.1 Å². The van der Waals surface area contributed by atoms with Crippen molar-refractivity contribution in [1.82, 2.24) is 0 Å². The number of aryl methyl sites for hydroxylation is 1. The third-order valence-corrected chi connectivity index (χ3v) is 1.77. The molecule has 0 aromatic heterocycles. The molecule has 0 aliphatic rings. The molecule has 1 aromatic carbocycles. The van der Waals surface area contributed by atoms with E-state index in [0.717, 1.165) is 5.56 Å². The van der Waals surface area contributed by atoms with Gasteiger partial charge in [0.25, 0.3) is 6.08 Å². The van der Waals surface area contributed by atoms with E-state index in [1.54, 1.807) is 12.1 Å². The Morgan fingerprint density at radius 1 is 1.08 bits per heavy atom. The lowest BCUT2D eigenvalue weighted by Gasteiger charge is -1.99. The van der Waals surface area contributed by atoms with Gasteiger partial charge >= 0.3 is 0 Å². The van der Waals surface area contributed by atoms with Crippen LogP contribution in [-0.4, -0.2) is 0 Å². The fourth-order valence-electron chi connectivity index (χ4n) is 0.913. The quantitative estimate of drug-likeness (QED) is 0.600. The van der Waals surface area contributed by atoms with Gasteiger partial charge in [-0.3, -0.25) is 0 Å². The smallest absolute Gasteiger partial charge is 0.173 e. The monoisotopic (exact) mass is 168 g/mol. The van der Waals surface area contributed by atoms with Crippen LogP contribution in [0.15, 0.2) is 30.3 Å². The predicted molar refractivity (Wildman–Crippen MR) is 46.0 cm³/mol. The summed E-state index contributed by atoms with van der Waals surface area (Å²) in [4.78, 5) is 0. The van der Waals surface area contributed by atoms with Gasteiger partial charge in [-0.15, -0.1) is 0 Å². The maximum atomic E-state index is 12.1. The van der Waals surface area contributed by atoms with Crippen molar-refractivity contribution in [2.24, 2.45) is 0 Å². The Morgan fingerprint density at radius 3 is 2.00 bits per heavy atom. The molecular formula is C10H10F2. The van der Waals surface area contributed by atoms with Gasteiger partial charge in [-0.1, -0.05) is 29.8 Å². The highest BCUT2D eigenvalue weighted by molar-refractivity contribution is 5.64. The molecule has 0 heterocycles. The number of hydrogen-bond acceptors (Lipinski definition) is 0. The summed E-state index contributed by atoms with van der Waals surface area (Å²) < 4.78 is 24.2. The largest absolute Gasteiger partial charge is 0.273 e.